The summed E-state index contributed by atoms with van der Waals surface area (Å²) >= 11 is 3.65. The lowest BCUT2D eigenvalue weighted by Gasteiger charge is -2.28. The number of rotatable bonds is 4. The highest BCUT2D eigenvalue weighted by Crippen LogP contribution is 2.40. The van der Waals surface area contributed by atoms with Gasteiger partial charge in [0.2, 0.25) is 0 Å². The molecule has 1 aliphatic heterocycles. The minimum Gasteiger partial charge on any atom is -0.357 e. The Morgan fingerprint density at radius 1 is 1.14 bits per heavy atom. The highest BCUT2D eigenvalue weighted by Gasteiger charge is 2.36. The topological polar surface area (TPSA) is 12.5 Å². The van der Waals surface area contributed by atoms with E-state index in [0.29, 0.717) is 6.61 Å². The number of nitrogens with zero attached hydrogens (tertiary/aromatic N) is 1. The molecular formula is C19H20BrNO. The van der Waals surface area contributed by atoms with E-state index in [-0.39, 0.29) is 12.3 Å². The lowest BCUT2D eigenvalue weighted by molar-refractivity contribution is 0.0348. The minimum atomic E-state index is -0.0167. The van der Waals surface area contributed by atoms with Crippen LogP contribution in [0.5, 0.6) is 0 Å². The molecule has 0 aromatic heterocycles. The van der Waals surface area contributed by atoms with Crippen molar-refractivity contribution in [2.45, 2.75) is 19.2 Å². The smallest absolute Gasteiger partial charge is 0.138 e. The Labute approximate surface area is 140 Å². The lowest BCUT2D eigenvalue weighted by atomic mass is 10.1. The Morgan fingerprint density at radius 3 is 2.59 bits per heavy atom. The molecule has 0 N–H and O–H groups in total. The van der Waals surface area contributed by atoms with Gasteiger partial charge in [-0.15, -0.1) is 0 Å². The Morgan fingerprint density at radius 2 is 1.86 bits per heavy atom. The van der Waals surface area contributed by atoms with Crippen molar-refractivity contribution >= 4 is 15.9 Å². The zero-order valence-corrected chi connectivity index (χ0v) is 14.2. The molecule has 0 saturated carbocycles. The number of halogens is 1. The van der Waals surface area contributed by atoms with Gasteiger partial charge < -0.3 is 4.74 Å². The maximum atomic E-state index is 6.16. The molecular weight excluding hydrogens is 338 g/mol. The molecule has 1 saturated heterocycles. The third-order valence-corrected chi connectivity index (χ3v) is 4.74. The van der Waals surface area contributed by atoms with Crippen molar-refractivity contribution in [2.24, 2.45) is 0 Å². The van der Waals surface area contributed by atoms with E-state index >= 15 is 0 Å². The summed E-state index contributed by atoms with van der Waals surface area (Å²) in [7, 11) is 0. The quantitative estimate of drug-likeness (QED) is 0.706. The normalized spacial score (nSPS) is 22.5. The summed E-state index contributed by atoms with van der Waals surface area (Å²) in [4.78, 5) is 2.41. The molecule has 0 radical (unpaired) electrons. The molecule has 2 aromatic carbocycles. The predicted molar refractivity (Wildman–Crippen MR) is 93.5 cm³/mol. The van der Waals surface area contributed by atoms with Crippen LogP contribution in [0.2, 0.25) is 0 Å². The fourth-order valence-corrected chi connectivity index (χ4v) is 3.37. The van der Waals surface area contributed by atoms with E-state index in [4.69, 9.17) is 4.74 Å². The van der Waals surface area contributed by atoms with Crippen molar-refractivity contribution in [2.75, 3.05) is 13.2 Å². The number of benzene rings is 2. The van der Waals surface area contributed by atoms with Crippen molar-refractivity contribution in [3.8, 4) is 0 Å². The Hall–Kier alpha value is -1.42. The zero-order valence-electron chi connectivity index (χ0n) is 12.7. The average molecular weight is 358 g/mol. The van der Waals surface area contributed by atoms with E-state index in [1.54, 1.807) is 0 Å². The van der Waals surface area contributed by atoms with Crippen LogP contribution >= 0.6 is 15.9 Å². The van der Waals surface area contributed by atoms with Crippen LogP contribution in [-0.2, 0) is 4.74 Å². The summed E-state index contributed by atoms with van der Waals surface area (Å²) < 4.78 is 7.26. The molecule has 0 spiro atoms. The van der Waals surface area contributed by atoms with E-state index in [9.17, 15) is 0 Å². The van der Waals surface area contributed by atoms with Crippen LogP contribution in [0.1, 0.15) is 30.3 Å². The van der Waals surface area contributed by atoms with Crippen LogP contribution in [0.3, 0.4) is 0 Å². The van der Waals surface area contributed by atoms with Gasteiger partial charge in [-0.25, -0.2) is 0 Å². The first-order valence-electron chi connectivity index (χ1n) is 7.59. The highest BCUT2D eigenvalue weighted by atomic mass is 79.9. The molecule has 0 amide bonds. The summed E-state index contributed by atoms with van der Waals surface area (Å²) in [5.41, 5.74) is 2.49. The second kappa shape index (κ2) is 7.23. The van der Waals surface area contributed by atoms with Crippen LogP contribution in [0.15, 0.2) is 71.2 Å². The SMILES string of the molecule is C/C=C/CN1C(c2ccccc2Br)OC[C@H]1c1ccccc1. The minimum absolute atomic E-state index is 0.0167. The summed E-state index contributed by atoms with van der Waals surface area (Å²) in [5, 5.41) is 0. The molecule has 114 valence electrons. The van der Waals surface area contributed by atoms with Gasteiger partial charge in [0.1, 0.15) is 6.23 Å². The Balaban J connectivity index is 1.93. The van der Waals surface area contributed by atoms with Crippen LogP contribution < -0.4 is 0 Å². The van der Waals surface area contributed by atoms with Gasteiger partial charge in [0.15, 0.2) is 0 Å². The fraction of sp³-hybridized carbons (Fsp3) is 0.263. The fourth-order valence-electron chi connectivity index (χ4n) is 2.89. The van der Waals surface area contributed by atoms with Crippen LogP contribution in [0, 0.1) is 0 Å². The molecule has 0 bridgehead atoms. The highest BCUT2D eigenvalue weighted by molar-refractivity contribution is 9.10. The van der Waals surface area contributed by atoms with E-state index < -0.39 is 0 Å². The molecule has 22 heavy (non-hydrogen) atoms. The maximum Gasteiger partial charge on any atom is 0.138 e. The summed E-state index contributed by atoms with van der Waals surface area (Å²) in [6.07, 6.45) is 4.27. The van der Waals surface area contributed by atoms with Gasteiger partial charge in [-0.05, 0) is 18.6 Å². The largest absolute Gasteiger partial charge is 0.357 e. The first-order valence-corrected chi connectivity index (χ1v) is 8.38. The molecule has 1 fully saturated rings. The van der Waals surface area contributed by atoms with E-state index in [1.165, 1.54) is 11.1 Å². The Bertz CT molecular complexity index is 641. The van der Waals surface area contributed by atoms with E-state index in [1.807, 2.05) is 6.07 Å². The van der Waals surface area contributed by atoms with Crippen LogP contribution in [0.25, 0.3) is 0 Å². The second-order valence-corrected chi connectivity index (χ2v) is 6.25. The predicted octanol–water partition coefficient (Wildman–Crippen LogP) is 5.10. The molecule has 1 aliphatic rings. The molecule has 1 unspecified atom stereocenters. The van der Waals surface area contributed by atoms with Crippen molar-refractivity contribution < 1.29 is 4.74 Å². The van der Waals surface area contributed by atoms with Gasteiger partial charge in [0, 0.05) is 16.6 Å². The van der Waals surface area contributed by atoms with Gasteiger partial charge in [-0.1, -0.05) is 76.6 Å². The van der Waals surface area contributed by atoms with Gasteiger partial charge in [0.05, 0.1) is 12.6 Å². The third-order valence-electron chi connectivity index (χ3n) is 4.02. The first kappa shape index (κ1) is 15.5. The molecule has 3 rings (SSSR count). The van der Waals surface area contributed by atoms with E-state index in [0.717, 1.165) is 11.0 Å². The lowest BCUT2D eigenvalue weighted by Crippen LogP contribution is -2.27. The molecule has 0 aliphatic carbocycles. The van der Waals surface area contributed by atoms with Crippen LogP contribution in [0.4, 0.5) is 0 Å². The monoisotopic (exact) mass is 357 g/mol. The first-order chi connectivity index (χ1) is 10.8. The Kier molecular flexibility index (Phi) is 5.08. The molecule has 2 aromatic rings. The average Bonchev–Trinajstić information content (AvgIpc) is 2.97. The van der Waals surface area contributed by atoms with Crippen molar-refractivity contribution in [1.29, 1.82) is 0 Å². The van der Waals surface area contributed by atoms with Crippen LogP contribution in [-0.4, -0.2) is 18.1 Å². The zero-order chi connectivity index (χ0) is 15.4. The number of allylic oxidation sites excluding steroid dienone is 1. The molecule has 2 nitrogen and oxygen atoms in total. The summed E-state index contributed by atoms with van der Waals surface area (Å²) in [5.74, 6) is 0. The standard InChI is InChI=1S/C19H20BrNO/c1-2-3-13-21-18(15-9-5-4-6-10-15)14-22-19(21)16-11-7-8-12-17(16)20/h2-12,18-19H,13-14H2,1H3/b3-2+/t18-,19?/m0/s1. The molecule has 3 heteroatoms. The van der Waals surface area contributed by atoms with Crippen molar-refractivity contribution in [3.05, 3.63) is 82.3 Å². The maximum absolute atomic E-state index is 6.16. The van der Waals surface area contributed by atoms with Gasteiger partial charge in [-0.2, -0.15) is 0 Å². The molecule has 1 heterocycles. The number of ether oxygens (including phenoxy) is 1. The summed E-state index contributed by atoms with van der Waals surface area (Å²) in [6.45, 7) is 3.65. The molecule has 2 atom stereocenters. The summed E-state index contributed by atoms with van der Waals surface area (Å²) in [6, 6.07) is 19.2. The van der Waals surface area contributed by atoms with Gasteiger partial charge in [-0.3, -0.25) is 4.90 Å². The number of hydrogen-bond acceptors (Lipinski definition) is 2. The van der Waals surface area contributed by atoms with Gasteiger partial charge in [0.25, 0.3) is 0 Å². The third kappa shape index (κ3) is 3.17. The van der Waals surface area contributed by atoms with Crippen molar-refractivity contribution in [3.63, 3.8) is 0 Å². The van der Waals surface area contributed by atoms with Gasteiger partial charge >= 0.3 is 0 Å². The van der Waals surface area contributed by atoms with E-state index in [2.05, 4.69) is 88.4 Å². The van der Waals surface area contributed by atoms with Crippen molar-refractivity contribution in [1.82, 2.24) is 4.90 Å². The number of hydrogen-bond donors (Lipinski definition) is 0. The second-order valence-electron chi connectivity index (χ2n) is 5.40.